The van der Waals surface area contributed by atoms with Crippen LogP contribution in [0.1, 0.15) is 48.5 Å². The molecule has 3 amide bonds. The molecule has 2 heterocycles. The van der Waals surface area contributed by atoms with Gasteiger partial charge in [-0.25, -0.2) is 0 Å². The van der Waals surface area contributed by atoms with E-state index in [0.29, 0.717) is 62.4 Å². The fourth-order valence-electron chi connectivity index (χ4n) is 4.55. The molecule has 2 aliphatic rings. The number of benzene rings is 2. The second kappa shape index (κ2) is 11.7. The lowest BCUT2D eigenvalue weighted by molar-refractivity contribution is -0.133. The maximum absolute atomic E-state index is 13.0. The SMILES string of the molecule is CCCNC(=O)[C@@H](NC(=O)c1ccc2c(c1)OCO2)C1CCN(C(=O)CCc2ccccc2)CC1. The Labute approximate surface area is 206 Å². The number of likely N-dealkylation sites (tertiary alicyclic amines) is 1. The third kappa shape index (κ3) is 6.32. The maximum atomic E-state index is 13.0. The van der Waals surface area contributed by atoms with Crippen molar-refractivity contribution >= 4 is 17.7 Å². The van der Waals surface area contributed by atoms with Crippen LogP contribution in [0.2, 0.25) is 0 Å². The number of piperidine rings is 1. The van der Waals surface area contributed by atoms with Crippen LogP contribution >= 0.6 is 0 Å². The van der Waals surface area contributed by atoms with Gasteiger partial charge >= 0.3 is 0 Å². The molecule has 4 rings (SSSR count). The molecule has 0 bridgehead atoms. The van der Waals surface area contributed by atoms with Gasteiger partial charge in [0, 0.05) is 31.6 Å². The molecule has 8 heteroatoms. The van der Waals surface area contributed by atoms with E-state index in [1.165, 1.54) is 0 Å². The van der Waals surface area contributed by atoms with Gasteiger partial charge in [-0.1, -0.05) is 37.3 Å². The standard InChI is InChI=1S/C27H33N3O5/c1-2-14-28-27(33)25(29-26(32)21-9-10-22-23(17-21)35-18-34-22)20-12-15-30(16-13-20)24(31)11-8-19-6-4-3-5-7-19/h3-7,9-10,17,20,25H,2,8,11-16,18H2,1H3,(H,28,33)(H,29,32)/t25-/m0/s1. The molecule has 8 nitrogen and oxygen atoms in total. The second-order valence-corrected chi connectivity index (χ2v) is 9.01. The van der Waals surface area contributed by atoms with E-state index in [4.69, 9.17) is 9.47 Å². The molecule has 2 aromatic carbocycles. The first-order valence-electron chi connectivity index (χ1n) is 12.3. The third-order valence-corrected chi connectivity index (χ3v) is 6.59. The molecule has 2 aliphatic heterocycles. The van der Waals surface area contributed by atoms with Crippen LogP contribution in [0.25, 0.3) is 0 Å². The number of nitrogens with one attached hydrogen (secondary N) is 2. The number of amides is 3. The van der Waals surface area contributed by atoms with E-state index in [1.54, 1.807) is 18.2 Å². The van der Waals surface area contributed by atoms with Crippen molar-refractivity contribution in [3.63, 3.8) is 0 Å². The molecule has 0 saturated carbocycles. The molecule has 2 N–H and O–H groups in total. The van der Waals surface area contributed by atoms with Crippen LogP contribution < -0.4 is 20.1 Å². The molecule has 0 aliphatic carbocycles. The minimum absolute atomic E-state index is 0.0528. The number of aryl methyl sites for hydroxylation is 1. The monoisotopic (exact) mass is 479 g/mol. The van der Waals surface area contributed by atoms with Crippen LogP contribution in [0.4, 0.5) is 0 Å². The number of nitrogens with zero attached hydrogens (tertiary/aromatic N) is 1. The number of ether oxygens (including phenoxy) is 2. The van der Waals surface area contributed by atoms with E-state index < -0.39 is 6.04 Å². The Morgan fingerprint density at radius 2 is 1.77 bits per heavy atom. The number of rotatable bonds is 9. The predicted octanol–water partition coefficient (Wildman–Crippen LogP) is 2.91. The lowest BCUT2D eigenvalue weighted by atomic mass is 9.88. The Morgan fingerprint density at radius 3 is 2.51 bits per heavy atom. The van der Waals surface area contributed by atoms with E-state index in [-0.39, 0.29) is 30.4 Å². The van der Waals surface area contributed by atoms with Crippen LogP contribution in [0.5, 0.6) is 11.5 Å². The van der Waals surface area contributed by atoms with E-state index in [9.17, 15) is 14.4 Å². The molecule has 1 saturated heterocycles. The highest BCUT2D eigenvalue weighted by Gasteiger charge is 2.34. The average molecular weight is 480 g/mol. The smallest absolute Gasteiger partial charge is 0.252 e. The Balaban J connectivity index is 1.36. The Morgan fingerprint density at radius 1 is 1.03 bits per heavy atom. The van der Waals surface area contributed by atoms with Gasteiger partial charge in [0.05, 0.1) is 0 Å². The summed E-state index contributed by atoms with van der Waals surface area (Å²) < 4.78 is 10.7. The zero-order valence-corrected chi connectivity index (χ0v) is 20.1. The minimum atomic E-state index is -0.666. The molecule has 0 radical (unpaired) electrons. The normalized spacial score (nSPS) is 16.0. The first kappa shape index (κ1) is 24.6. The summed E-state index contributed by atoms with van der Waals surface area (Å²) in [5, 5.41) is 5.86. The Kier molecular flexibility index (Phi) is 8.23. The average Bonchev–Trinajstić information content (AvgIpc) is 3.37. The van der Waals surface area contributed by atoms with E-state index in [1.807, 2.05) is 42.2 Å². The zero-order valence-electron chi connectivity index (χ0n) is 20.1. The molecule has 0 spiro atoms. The first-order valence-corrected chi connectivity index (χ1v) is 12.3. The Bertz CT molecular complexity index is 1030. The second-order valence-electron chi connectivity index (χ2n) is 9.01. The van der Waals surface area contributed by atoms with Crippen LogP contribution in [0.15, 0.2) is 48.5 Å². The molecule has 0 unspecified atom stereocenters. The number of carbonyl (C=O) groups is 3. The largest absolute Gasteiger partial charge is 0.454 e. The van der Waals surface area contributed by atoms with Crippen molar-refractivity contribution in [3.05, 3.63) is 59.7 Å². The fourth-order valence-corrected chi connectivity index (χ4v) is 4.55. The van der Waals surface area contributed by atoms with Gasteiger partial charge in [-0.3, -0.25) is 14.4 Å². The summed E-state index contributed by atoms with van der Waals surface area (Å²) in [7, 11) is 0. The predicted molar refractivity (Wildman–Crippen MR) is 131 cm³/mol. The molecule has 2 aromatic rings. The molecule has 35 heavy (non-hydrogen) atoms. The number of hydrogen-bond donors (Lipinski definition) is 2. The fraction of sp³-hybridized carbons (Fsp3) is 0.444. The lowest BCUT2D eigenvalue weighted by Crippen LogP contribution is -2.54. The van der Waals surface area contributed by atoms with Gasteiger partial charge in [-0.05, 0) is 55.4 Å². The molecule has 1 atom stereocenters. The van der Waals surface area contributed by atoms with Crippen molar-refractivity contribution < 1.29 is 23.9 Å². The molecule has 1 fully saturated rings. The van der Waals surface area contributed by atoms with Crippen LogP contribution in [0, 0.1) is 5.92 Å². The van der Waals surface area contributed by atoms with Gasteiger partial charge in [-0.15, -0.1) is 0 Å². The van der Waals surface area contributed by atoms with Crippen LogP contribution in [-0.2, 0) is 16.0 Å². The number of carbonyl (C=O) groups excluding carboxylic acids is 3. The van der Waals surface area contributed by atoms with Crippen molar-refractivity contribution in [1.82, 2.24) is 15.5 Å². The first-order chi connectivity index (χ1) is 17.0. The van der Waals surface area contributed by atoms with Gasteiger partial charge in [0.25, 0.3) is 5.91 Å². The van der Waals surface area contributed by atoms with Gasteiger partial charge in [-0.2, -0.15) is 0 Å². The summed E-state index contributed by atoms with van der Waals surface area (Å²) in [6.07, 6.45) is 3.30. The zero-order chi connectivity index (χ0) is 24.6. The van der Waals surface area contributed by atoms with Gasteiger partial charge in [0.2, 0.25) is 18.6 Å². The molecule has 0 aromatic heterocycles. The number of fused-ring (bicyclic) bond motifs is 1. The molecular weight excluding hydrogens is 446 g/mol. The van der Waals surface area contributed by atoms with Gasteiger partial charge in [0.1, 0.15) is 6.04 Å². The molecule has 186 valence electrons. The minimum Gasteiger partial charge on any atom is -0.454 e. The van der Waals surface area contributed by atoms with E-state index in [0.717, 1.165) is 12.0 Å². The lowest BCUT2D eigenvalue weighted by Gasteiger charge is -2.36. The van der Waals surface area contributed by atoms with E-state index >= 15 is 0 Å². The summed E-state index contributed by atoms with van der Waals surface area (Å²) in [4.78, 5) is 40.6. The third-order valence-electron chi connectivity index (χ3n) is 6.59. The highest BCUT2D eigenvalue weighted by atomic mass is 16.7. The van der Waals surface area contributed by atoms with Crippen molar-refractivity contribution in [2.24, 2.45) is 5.92 Å². The van der Waals surface area contributed by atoms with Crippen molar-refractivity contribution in [2.75, 3.05) is 26.4 Å². The van der Waals surface area contributed by atoms with Crippen LogP contribution in [0.3, 0.4) is 0 Å². The summed E-state index contributed by atoms with van der Waals surface area (Å²) in [5.41, 5.74) is 1.56. The van der Waals surface area contributed by atoms with Crippen molar-refractivity contribution in [1.29, 1.82) is 0 Å². The highest BCUT2D eigenvalue weighted by Crippen LogP contribution is 2.32. The van der Waals surface area contributed by atoms with Crippen molar-refractivity contribution in [3.8, 4) is 11.5 Å². The molecular formula is C27H33N3O5. The maximum Gasteiger partial charge on any atom is 0.252 e. The summed E-state index contributed by atoms with van der Waals surface area (Å²) in [6.45, 7) is 3.82. The Hall–Kier alpha value is -3.55. The van der Waals surface area contributed by atoms with Crippen molar-refractivity contribution in [2.45, 2.75) is 45.1 Å². The van der Waals surface area contributed by atoms with Crippen LogP contribution in [-0.4, -0.2) is 55.1 Å². The van der Waals surface area contributed by atoms with Gasteiger partial charge < -0.3 is 25.0 Å². The van der Waals surface area contributed by atoms with Gasteiger partial charge in [0.15, 0.2) is 11.5 Å². The highest BCUT2D eigenvalue weighted by molar-refractivity contribution is 5.98. The number of hydrogen-bond acceptors (Lipinski definition) is 5. The quantitative estimate of drug-likeness (QED) is 0.577. The summed E-state index contributed by atoms with van der Waals surface area (Å²) >= 11 is 0. The summed E-state index contributed by atoms with van der Waals surface area (Å²) in [6, 6.07) is 14.3. The topological polar surface area (TPSA) is 97.0 Å². The van der Waals surface area contributed by atoms with E-state index in [2.05, 4.69) is 10.6 Å². The summed E-state index contributed by atoms with van der Waals surface area (Å²) in [5.74, 6) is 0.679.